The molecule has 0 aliphatic carbocycles. The summed E-state index contributed by atoms with van der Waals surface area (Å²) < 4.78 is 0. The predicted molar refractivity (Wildman–Crippen MR) is 137 cm³/mol. The van der Waals surface area contributed by atoms with E-state index in [4.69, 9.17) is 16.9 Å². The third-order valence-electron chi connectivity index (χ3n) is 7.97. The van der Waals surface area contributed by atoms with Crippen molar-refractivity contribution in [1.82, 2.24) is 9.80 Å². The van der Waals surface area contributed by atoms with E-state index in [0.29, 0.717) is 10.6 Å². The van der Waals surface area contributed by atoms with Gasteiger partial charge in [-0.2, -0.15) is 5.26 Å². The van der Waals surface area contributed by atoms with Crippen LogP contribution in [0.1, 0.15) is 35.2 Å². The van der Waals surface area contributed by atoms with E-state index in [1.54, 1.807) is 6.07 Å². The van der Waals surface area contributed by atoms with Crippen molar-refractivity contribution >= 4 is 28.9 Å². The number of benzene rings is 2. The second kappa shape index (κ2) is 9.48. The lowest BCUT2D eigenvalue weighted by molar-refractivity contribution is 0.0764. The number of likely N-dealkylation sites (N-methyl/N-ethyl adjacent to an activating group) is 1. The zero-order valence-electron chi connectivity index (χ0n) is 19.8. The first-order chi connectivity index (χ1) is 16.5. The molecule has 0 radical (unpaired) electrons. The summed E-state index contributed by atoms with van der Waals surface area (Å²) in [5.41, 5.74) is 3.80. The van der Waals surface area contributed by atoms with E-state index in [9.17, 15) is 4.79 Å². The van der Waals surface area contributed by atoms with E-state index >= 15 is 0 Å². The number of hydrogen-bond acceptors (Lipinski definition) is 5. The Morgan fingerprint density at radius 2 is 1.50 bits per heavy atom. The van der Waals surface area contributed by atoms with Gasteiger partial charge in [0.15, 0.2) is 0 Å². The van der Waals surface area contributed by atoms with Crippen LogP contribution in [0.3, 0.4) is 0 Å². The number of hydrogen-bond donors (Lipinski definition) is 0. The number of piperazine rings is 1. The minimum absolute atomic E-state index is 0.156. The standard InChI is InChI=1S/C27H32ClN5O/c1-30-14-16-32(17-15-30)23-5-2-21(3-6-23)26(34)33-13-10-27(20-33)8-11-31(12-9-27)24-7-4-22(19-29)25(28)18-24/h2-7,18H,8-17,20H2,1H3. The first-order valence-electron chi connectivity index (χ1n) is 12.2. The fourth-order valence-electron chi connectivity index (χ4n) is 5.61. The Morgan fingerprint density at radius 3 is 2.15 bits per heavy atom. The molecule has 6 nitrogen and oxygen atoms in total. The van der Waals surface area contributed by atoms with Crippen LogP contribution in [0.15, 0.2) is 42.5 Å². The highest BCUT2D eigenvalue weighted by Gasteiger charge is 2.42. The Bertz CT molecular complexity index is 1080. The third-order valence-corrected chi connectivity index (χ3v) is 8.28. The van der Waals surface area contributed by atoms with Gasteiger partial charge in [0, 0.05) is 69.3 Å². The van der Waals surface area contributed by atoms with Crippen molar-refractivity contribution in [3.8, 4) is 6.07 Å². The van der Waals surface area contributed by atoms with Gasteiger partial charge in [-0.05, 0) is 74.2 Å². The molecular weight excluding hydrogens is 446 g/mol. The van der Waals surface area contributed by atoms with Gasteiger partial charge in [0.25, 0.3) is 5.91 Å². The summed E-state index contributed by atoms with van der Waals surface area (Å²) >= 11 is 6.24. The van der Waals surface area contributed by atoms with Crippen molar-refractivity contribution in [1.29, 1.82) is 5.26 Å². The zero-order chi connectivity index (χ0) is 23.7. The Labute approximate surface area is 207 Å². The molecule has 2 aromatic carbocycles. The molecule has 3 fully saturated rings. The summed E-state index contributed by atoms with van der Waals surface area (Å²) in [6.07, 6.45) is 3.20. The van der Waals surface area contributed by atoms with E-state index in [0.717, 1.165) is 82.9 Å². The minimum atomic E-state index is 0.156. The molecule has 3 aliphatic heterocycles. The van der Waals surface area contributed by atoms with E-state index in [-0.39, 0.29) is 11.3 Å². The molecule has 5 rings (SSSR count). The number of carbonyl (C=O) groups is 1. The van der Waals surface area contributed by atoms with Crippen molar-refractivity contribution in [2.24, 2.45) is 5.41 Å². The van der Waals surface area contributed by atoms with Crippen LogP contribution in [0.5, 0.6) is 0 Å². The van der Waals surface area contributed by atoms with Crippen LogP contribution in [-0.2, 0) is 0 Å². The number of nitrogens with zero attached hydrogens (tertiary/aromatic N) is 5. The van der Waals surface area contributed by atoms with Crippen molar-refractivity contribution in [3.63, 3.8) is 0 Å². The quantitative estimate of drug-likeness (QED) is 0.666. The maximum atomic E-state index is 13.2. The van der Waals surface area contributed by atoms with Crippen molar-refractivity contribution in [2.75, 3.05) is 69.2 Å². The van der Waals surface area contributed by atoms with Crippen LogP contribution >= 0.6 is 11.6 Å². The predicted octanol–water partition coefficient (Wildman–Crippen LogP) is 4.10. The van der Waals surface area contributed by atoms with Crippen LogP contribution in [0.2, 0.25) is 5.02 Å². The van der Waals surface area contributed by atoms with Crippen LogP contribution in [0.4, 0.5) is 11.4 Å². The normalized spacial score (nSPS) is 20.6. The topological polar surface area (TPSA) is 53.8 Å². The minimum Gasteiger partial charge on any atom is -0.371 e. The molecule has 0 unspecified atom stereocenters. The second-order valence-electron chi connectivity index (χ2n) is 10.1. The molecule has 3 saturated heterocycles. The molecule has 178 valence electrons. The summed E-state index contributed by atoms with van der Waals surface area (Å²) in [5, 5.41) is 9.62. The van der Waals surface area contributed by atoms with Crippen molar-refractivity contribution < 1.29 is 4.79 Å². The largest absolute Gasteiger partial charge is 0.371 e. The maximum absolute atomic E-state index is 13.2. The molecule has 2 aromatic rings. The molecule has 0 aromatic heterocycles. The van der Waals surface area contributed by atoms with E-state index in [1.807, 2.05) is 24.3 Å². The molecule has 1 spiro atoms. The number of amides is 1. The fraction of sp³-hybridized carbons (Fsp3) is 0.481. The lowest BCUT2D eigenvalue weighted by Crippen LogP contribution is -2.44. The molecule has 0 atom stereocenters. The molecule has 0 N–H and O–H groups in total. The number of piperidine rings is 1. The molecule has 3 aliphatic rings. The van der Waals surface area contributed by atoms with Gasteiger partial charge in [0.2, 0.25) is 0 Å². The Balaban J connectivity index is 1.18. The van der Waals surface area contributed by atoms with Gasteiger partial charge in [-0.15, -0.1) is 0 Å². The maximum Gasteiger partial charge on any atom is 0.253 e. The Morgan fingerprint density at radius 1 is 0.882 bits per heavy atom. The molecule has 0 saturated carbocycles. The number of carbonyl (C=O) groups excluding carboxylic acids is 1. The SMILES string of the molecule is CN1CCN(c2ccc(C(=O)N3CCC4(CCN(c5ccc(C#N)c(Cl)c5)CC4)C3)cc2)CC1. The summed E-state index contributed by atoms with van der Waals surface area (Å²) in [4.78, 5) is 22.4. The van der Waals surface area contributed by atoms with Gasteiger partial charge in [-0.1, -0.05) is 11.6 Å². The van der Waals surface area contributed by atoms with E-state index < -0.39 is 0 Å². The number of anilines is 2. The van der Waals surface area contributed by atoms with Crippen molar-refractivity contribution in [3.05, 3.63) is 58.6 Å². The van der Waals surface area contributed by atoms with Crippen LogP contribution in [0.25, 0.3) is 0 Å². The van der Waals surface area contributed by atoms with Crippen LogP contribution in [-0.4, -0.2) is 75.1 Å². The molecule has 7 heteroatoms. The first kappa shape index (κ1) is 23.0. The lowest BCUT2D eigenvalue weighted by atomic mass is 9.77. The van der Waals surface area contributed by atoms with Gasteiger partial charge >= 0.3 is 0 Å². The number of nitriles is 1. The van der Waals surface area contributed by atoms with Gasteiger partial charge in [0.05, 0.1) is 10.6 Å². The number of likely N-dealkylation sites (tertiary alicyclic amines) is 1. The molecule has 3 heterocycles. The van der Waals surface area contributed by atoms with Gasteiger partial charge < -0.3 is 19.6 Å². The highest BCUT2D eigenvalue weighted by atomic mass is 35.5. The smallest absolute Gasteiger partial charge is 0.253 e. The lowest BCUT2D eigenvalue weighted by Gasteiger charge is -2.40. The second-order valence-corrected chi connectivity index (χ2v) is 10.5. The van der Waals surface area contributed by atoms with Crippen LogP contribution in [0, 0.1) is 16.7 Å². The first-order valence-corrected chi connectivity index (χ1v) is 12.6. The average molecular weight is 478 g/mol. The summed E-state index contributed by atoms with van der Waals surface area (Å²) in [5.74, 6) is 0.156. The van der Waals surface area contributed by atoms with E-state index in [2.05, 4.69) is 44.8 Å². The molecule has 0 bridgehead atoms. The summed E-state index contributed by atoms with van der Waals surface area (Å²) in [6, 6.07) is 16.0. The highest BCUT2D eigenvalue weighted by Crippen LogP contribution is 2.42. The fourth-order valence-corrected chi connectivity index (χ4v) is 5.83. The zero-order valence-corrected chi connectivity index (χ0v) is 20.6. The third kappa shape index (κ3) is 4.60. The van der Waals surface area contributed by atoms with E-state index in [1.165, 1.54) is 5.69 Å². The molecule has 1 amide bonds. The van der Waals surface area contributed by atoms with Gasteiger partial charge in [-0.25, -0.2) is 0 Å². The summed E-state index contributed by atoms with van der Waals surface area (Å²) in [6.45, 7) is 7.79. The number of halogens is 1. The highest BCUT2D eigenvalue weighted by molar-refractivity contribution is 6.32. The van der Waals surface area contributed by atoms with Crippen molar-refractivity contribution in [2.45, 2.75) is 19.3 Å². The van der Waals surface area contributed by atoms with Gasteiger partial charge in [-0.3, -0.25) is 4.79 Å². The van der Waals surface area contributed by atoms with Crippen LogP contribution < -0.4 is 9.80 Å². The molecule has 34 heavy (non-hydrogen) atoms. The molecular formula is C27H32ClN5O. The average Bonchev–Trinajstić information content (AvgIpc) is 3.28. The number of rotatable bonds is 3. The Kier molecular flexibility index (Phi) is 6.42. The summed E-state index contributed by atoms with van der Waals surface area (Å²) in [7, 11) is 2.16. The monoisotopic (exact) mass is 477 g/mol. The van der Waals surface area contributed by atoms with Gasteiger partial charge in [0.1, 0.15) is 6.07 Å². The Hall–Kier alpha value is -2.75.